The highest BCUT2D eigenvalue weighted by molar-refractivity contribution is 5.89. The van der Waals surface area contributed by atoms with Crippen LogP contribution in [0, 0.1) is 0 Å². The van der Waals surface area contributed by atoms with Gasteiger partial charge in [-0.1, -0.05) is 36.4 Å². The number of ether oxygens (including phenoxy) is 2. The highest BCUT2D eigenvalue weighted by atomic mass is 16.5. The van der Waals surface area contributed by atoms with Crippen LogP contribution < -0.4 is 4.74 Å². The average Bonchev–Trinajstić information content (AvgIpc) is 2.83. The summed E-state index contributed by atoms with van der Waals surface area (Å²) in [7, 11) is 1.67. The van der Waals surface area contributed by atoms with Crippen LogP contribution in [0.5, 0.6) is 5.75 Å². The summed E-state index contributed by atoms with van der Waals surface area (Å²) in [5.74, 6) is -2.44. The van der Waals surface area contributed by atoms with Gasteiger partial charge in [0, 0.05) is 25.2 Å². The van der Waals surface area contributed by atoms with Crippen LogP contribution in [0.1, 0.15) is 18.4 Å². The molecule has 2 aromatic carbocycles. The third-order valence-electron chi connectivity index (χ3n) is 5.15. The van der Waals surface area contributed by atoms with Crippen LogP contribution in [0.25, 0.3) is 11.1 Å². The standard InChI is InChI=1S/C21H25NO4.C4H4O4/c1-25-18-8-6-16(7-9-18)20-5-3-2-4-17(20)15-26-19-10-12-22(13-11-19)14-21(23)24;5-3(6)1-2-4(7)8/h2-9,19H,10-15H2,1H3,(H,23,24);1-2H,(H,5,6)(H,7,8). The number of carboxylic acids is 3. The lowest BCUT2D eigenvalue weighted by Crippen LogP contribution is -2.39. The summed E-state index contributed by atoms with van der Waals surface area (Å²) >= 11 is 0. The Balaban J connectivity index is 0.000000440. The summed E-state index contributed by atoms with van der Waals surface area (Å²) in [6.07, 6.45) is 3.05. The number of hydrogen-bond donors (Lipinski definition) is 3. The molecule has 0 amide bonds. The van der Waals surface area contributed by atoms with Gasteiger partial charge in [-0.25, -0.2) is 9.59 Å². The van der Waals surface area contributed by atoms with E-state index in [0.717, 1.165) is 42.8 Å². The molecule has 1 fully saturated rings. The van der Waals surface area contributed by atoms with E-state index in [1.807, 2.05) is 29.2 Å². The van der Waals surface area contributed by atoms with E-state index in [1.54, 1.807) is 7.11 Å². The first-order valence-electron chi connectivity index (χ1n) is 10.7. The smallest absolute Gasteiger partial charge is 0.328 e. The highest BCUT2D eigenvalue weighted by Crippen LogP contribution is 2.27. The van der Waals surface area contributed by atoms with E-state index < -0.39 is 17.9 Å². The van der Waals surface area contributed by atoms with Gasteiger partial charge in [-0.2, -0.15) is 0 Å². The van der Waals surface area contributed by atoms with E-state index in [2.05, 4.69) is 24.3 Å². The third-order valence-corrected chi connectivity index (χ3v) is 5.15. The maximum Gasteiger partial charge on any atom is 0.328 e. The highest BCUT2D eigenvalue weighted by Gasteiger charge is 2.21. The molecular weight excluding hydrogens is 442 g/mol. The fourth-order valence-electron chi connectivity index (χ4n) is 3.47. The van der Waals surface area contributed by atoms with Crippen molar-refractivity contribution in [2.24, 2.45) is 0 Å². The third kappa shape index (κ3) is 9.43. The monoisotopic (exact) mass is 471 g/mol. The van der Waals surface area contributed by atoms with Crippen LogP contribution in [-0.2, 0) is 25.7 Å². The molecule has 0 saturated carbocycles. The van der Waals surface area contributed by atoms with Crippen LogP contribution in [0.2, 0.25) is 0 Å². The lowest BCUT2D eigenvalue weighted by atomic mass is 10.00. The molecular formula is C25H29NO8. The predicted molar refractivity (Wildman–Crippen MR) is 125 cm³/mol. The van der Waals surface area contributed by atoms with Crippen molar-refractivity contribution in [3.05, 3.63) is 66.2 Å². The molecule has 34 heavy (non-hydrogen) atoms. The van der Waals surface area contributed by atoms with Crippen molar-refractivity contribution >= 4 is 17.9 Å². The second kappa shape index (κ2) is 13.8. The molecule has 0 bridgehead atoms. The molecule has 0 unspecified atom stereocenters. The minimum Gasteiger partial charge on any atom is -0.497 e. The normalized spacial score (nSPS) is 14.3. The number of methoxy groups -OCH3 is 1. The van der Waals surface area contributed by atoms with Gasteiger partial charge in [-0.05, 0) is 41.7 Å². The van der Waals surface area contributed by atoms with Crippen molar-refractivity contribution in [2.45, 2.75) is 25.6 Å². The molecule has 1 heterocycles. The number of aliphatic carboxylic acids is 3. The van der Waals surface area contributed by atoms with E-state index >= 15 is 0 Å². The Hall–Kier alpha value is -3.69. The quantitative estimate of drug-likeness (QED) is 0.472. The molecule has 0 aliphatic carbocycles. The summed E-state index contributed by atoms with van der Waals surface area (Å²) in [5.41, 5.74) is 3.46. The number of hydrogen-bond acceptors (Lipinski definition) is 6. The van der Waals surface area contributed by atoms with E-state index in [-0.39, 0.29) is 12.6 Å². The van der Waals surface area contributed by atoms with Gasteiger partial charge in [-0.15, -0.1) is 0 Å². The van der Waals surface area contributed by atoms with Crippen LogP contribution in [0.15, 0.2) is 60.7 Å². The second-order valence-corrected chi connectivity index (χ2v) is 7.58. The predicted octanol–water partition coefficient (Wildman–Crippen LogP) is 3.14. The van der Waals surface area contributed by atoms with Gasteiger partial charge in [0.15, 0.2) is 0 Å². The molecule has 3 rings (SSSR count). The van der Waals surface area contributed by atoms with Gasteiger partial charge in [0.1, 0.15) is 5.75 Å². The Morgan fingerprint density at radius 3 is 2.06 bits per heavy atom. The number of piperidine rings is 1. The number of carbonyl (C=O) groups is 3. The summed E-state index contributed by atoms with van der Waals surface area (Å²) in [6.45, 7) is 2.23. The average molecular weight is 472 g/mol. The maximum absolute atomic E-state index is 10.8. The molecule has 0 aromatic heterocycles. The van der Waals surface area contributed by atoms with Crippen LogP contribution in [0.3, 0.4) is 0 Å². The van der Waals surface area contributed by atoms with Crippen LogP contribution in [0.4, 0.5) is 0 Å². The number of carboxylic acid groups (broad SMARTS) is 3. The van der Waals surface area contributed by atoms with Gasteiger partial charge in [0.25, 0.3) is 0 Å². The summed E-state index contributed by atoms with van der Waals surface area (Å²) in [6, 6.07) is 16.3. The van der Waals surface area contributed by atoms with Gasteiger partial charge in [-0.3, -0.25) is 9.69 Å². The Morgan fingerprint density at radius 2 is 1.53 bits per heavy atom. The Bertz CT molecular complexity index is 963. The summed E-state index contributed by atoms with van der Waals surface area (Å²) in [5, 5.41) is 24.5. The zero-order valence-electron chi connectivity index (χ0n) is 18.9. The van der Waals surface area contributed by atoms with Crippen molar-refractivity contribution in [3.8, 4) is 16.9 Å². The number of benzene rings is 2. The van der Waals surface area contributed by atoms with Gasteiger partial charge in [0.2, 0.25) is 0 Å². The van der Waals surface area contributed by atoms with Crippen molar-refractivity contribution < 1.29 is 39.2 Å². The maximum atomic E-state index is 10.8. The fourth-order valence-corrected chi connectivity index (χ4v) is 3.47. The van der Waals surface area contributed by atoms with Crippen molar-refractivity contribution in [3.63, 3.8) is 0 Å². The molecule has 0 radical (unpaired) electrons. The van der Waals surface area contributed by atoms with E-state index in [4.69, 9.17) is 24.8 Å². The molecule has 2 aromatic rings. The minimum absolute atomic E-state index is 0.118. The van der Waals surface area contributed by atoms with Crippen molar-refractivity contribution in [2.75, 3.05) is 26.7 Å². The Labute approximate surface area is 197 Å². The largest absolute Gasteiger partial charge is 0.497 e. The second-order valence-electron chi connectivity index (χ2n) is 7.58. The first kappa shape index (κ1) is 26.6. The van der Waals surface area contributed by atoms with Gasteiger partial charge >= 0.3 is 17.9 Å². The zero-order chi connectivity index (χ0) is 24.9. The molecule has 0 atom stereocenters. The fraction of sp³-hybridized carbons (Fsp3) is 0.320. The molecule has 182 valence electrons. The van der Waals surface area contributed by atoms with E-state index in [1.165, 1.54) is 5.56 Å². The van der Waals surface area contributed by atoms with Crippen LogP contribution in [-0.4, -0.2) is 71.0 Å². The SMILES string of the molecule is COc1ccc(-c2ccccc2COC2CCN(CC(=O)O)CC2)cc1.O=C(O)C=CC(=O)O. The van der Waals surface area contributed by atoms with E-state index in [9.17, 15) is 14.4 Å². The van der Waals surface area contributed by atoms with Crippen LogP contribution >= 0.6 is 0 Å². The Kier molecular flexibility index (Phi) is 10.8. The molecule has 0 spiro atoms. The van der Waals surface area contributed by atoms with Crippen molar-refractivity contribution in [1.29, 1.82) is 0 Å². The zero-order valence-corrected chi connectivity index (χ0v) is 18.9. The van der Waals surface area contributed by atoms with Crippen molar-refractivity contribution in [1.82, 2.24) is 4.90 Å². The lowest BCUT2D eigenvalue weighted by molar-refractivity contribution is -0.139. The first-order valence-corrected chi connectivity index (χ1v) is 10.7. The molecule has 9 nitrogen and oxygen atoms in total. The molecule has 9 heteroatoms. The summed E-state index contributed by atoms with van der Waals surface area (Å²) < 4.78 is 11.4. The number of rotatable bonds is 9. The number of likely N-dealkylation sites (tertiary alicyclic amines) is 1. The molecule has 1 aliphatic heterocycles. The Morgan fingerprint density at radius 1 is 0.941 bits per heavy atom. The topological polar surface area (TPSA) is 134 Å². The number of nitrogens with zero attached hydrogens (tertiary/aromatic N) is 1. The molecule has 3 N–H and O–H groups in total. The van der Waals surface area contributed by atoms with E-state index in [0.29, 0.717) is 18.8 Å². The van der Waals surface area contributed by atoms with Gasteiger partial charge < -0.3 is 24.8 Å². The molecule has 1 saturated heterocycles. The van der Waals surface area contributed by atoms with Gasteiger partial charge in [0.05, 0.1) is 26.4 Å². The summed E-state index contributed by atoms with van der Waals surface area (Å²) in [4.78, 5) is 31.9. The first-order chi connectivity index (χ1) is 16.3. The minimum atomic E-state index is -1.26. The molecule has 1 aliphatic rings. The lowest BCUT2D eigenvalue weighted by Gasteiger charge is -2.30.